The first kappa shape index (κ1) is 17.4. The van der Waals surface area contributed by atoms with Crippen molar-refractivity contribution in [2.24, 2.45) is 0 Å². The van der Waals surface area contributed by atoms with Gasteiger partial charge in [-0.25, -0.2) is 4.39 Å². The quantitative estimate of drug-likeness (QED) is 0.653. The molecule has 0 saturated heterocycles. The Bertz CT molecular complexity index is 959. The molecule has 1 amide bonds. The minimum atomic E-state index is -0.298. The molecule has 1 aromatic heterocycles. The van der Waals surface area contributed by atoms with Crippen LogP contribution in [0.4, 0.5) is 4.39 Å². The molecule has 1 aliphatic heterocycles. The standard InChI is InChI=1S/C19H15FN2O4S/c20-13-2-4-15(5-3-13)27-10-19(23)21-9-14-8-17(26-22-14)12-1-6-16-18(7-12)25-11-24-16/h1-8H,9-11H2,(H,21,23). The van der Waals surface area contributed by atoms with Crippen molar-refractivity contribution in [1.29, 1.82) is 0 Å². The molecule has 0 radical (unpaired) electrons. The molecule has 0 fully saturated rings. The lowest BCUT2D eigenvalue weighted by Crippen LogP contribution is -2.24. The van der Waals surface area contributed by atoms with Crippen LogP contribution in [-0.2, 0) is 11.3 Å². The normalized spacial score (nSPS) is 12.2. The van der Waals surface area contributed by atoms with Crippen LogP contribution in [0.2, 0.25) is 0 Å². The number of aromatic nitrogens is 1. The molecule has 1 N–H and O–H groups in total. The molecule has 6 nitrogen and oxygen atoms in total. The van der Waals surface area contributed by atoms with Gasteiger partial charge >= 0.3 is 0 Å². The number of benzene rings is 2. The predicted octanol–water partition coefficient (Wildman–Crippen LogP) is 3.62. The second kappa shape index (κ2) is 7.71. The zero-order valence-electron chi connectivity index (χ0n) is 14.1. The number of nitrogens with one attached hydrogen (secondary N) is 1. The summed E-state index contributed by atoms with van der Waals surface area (Å²) in [6.07, 6.45) is 0. The molecule has 0 spiro atoms. The monoisotopic (exact) mass is 386 g/mol. The number of fused-ring (bicyclic) bond motifs is 1. The molecule has 2 heterocycles. The second-order valence-corrected chi connectivity index (χ2v) is 6.82. The van der Waals surface area contributed by atoms with E-state index in [0.29, 0.717) is 23.0 Å². The number of carbonyl (C=O) groups excluding carboxylic acids is 1. The third-order valence-corrected chi connectivity index (χ3v) is 4.88. The van der Waals surface area contributed by atoms with Gasteiger partial charge in [-0.15, -0.1) is 11.8 Å². The fraction of sp³-hybridized carbons (Fsp3) is 0.158. The second-order valence-electron chi connectivity index (χ2n) is 5.77. The summed E-state index contributed by atoms with van der Waals surface area (Å²) in [7, 11) is 0. The molecule has 0 saturated carbocycles. The first-order chi connectivity index (χ1) is 13.2. The Balaban J connectivity index is 1.30. The Kier molecular flexibility index (Phi) is 4.97. The summed E-state index contributed by atoms with van der Waals surface area (Å²) in [5.41, 5.74) is 1.43. The van der Waals surface area contributed by atoms with Crippen molar-refractivity contribution in [1.82, 2.24) is 10.5 Å². The molecule has 138 valence electrons. The van der Waals surface area contributed by atoms with E-state index in [0.717, 1.165) is 10.5 Å². The van der Waals surface area contributed by atoms with E-state index in [-0.39, 0.29) is 30.8 Å². The van der Waals surface area contributed by atoms with Crippen LogP contribution in [0.25, 0.3) is 11.3 Å². The van der Waals surface area contributed by atoms with Crippen LogP contribution in [0.1, 0.15) is 5.69 Å². The number of hydrogen-bond donors (Lipinski definition) is 1. The lowest BCUT2D eigenvalue weighted by Gasteiger charge is -2.03. The SMILES string of the molecule is O=C(CSc1ccc(F)cc1)NCc1cc(-c2ccc3c(c2)OCO3)on1. The Labute approximate surface area is 158 Å². The first-order valence-electron chi connectivity index (χ1n) is 8.18. The molecule has 0 aliphatic carbocycles. The van der Waals surface area contributed by atoms with Crippen LogP contribution in [0.3, 0.4) is 0 Å². The Morgan fingerprint density at radius 3 is 2.78 bits per heavy atom. The lowest BCUT2D eigenvalue weighted by atomic mass is 10.1. The van der Waals surface area contributed by atoms with Crippen LogP contribution in [-0.4, -0.2) is 23.6 Å². The van der Waals surface area contributed by atoms with Gasteiger partial charge in [0.05, 0.1) is 12.3 Å². The zero-order valence-corrected chi connectivity index (χ0v) is 14.9. The van der Waals surface area contributed by atoms with Gasteiger partial charge in [-0.2, -0.15) is 0 Å². The van der Waals surface area contributed by atoms with Gasteiger partial charge in [0.15, 0.2) is 17.3 Å². The summed E-state index contributed by atoms with van der Waals surface area (Å²) in [6, 6.07) is 13.3. The summed E-state index contributed by atoms with van der Waals surface area (Å²) in [5.74, 6) is 1.74. The van der Waals surface area contributed by atoms with E-state index in [1.54, 1.807) is 18.2 Å². The molecule has 27 heavy (non-hydrogen) atoms. The van der Waals surface area contributed by atoms with E-state index in [9.17, 15) is 9.18 Å². The maximum Gasteiger partial charge on any atom is 0.231 e. The largest absolute Gasteiger partial charge is 0.454 e. The molecular formula is C19H15FN2O4S. The average molecular weight is 386 g/mol. The minimum Gasteiger partial charge on any atom is -0.454 e. The highest BCUT2D eigenvalue weighted by atomic mass is 32.2. The van der Waals surface area contributed by atoms with E-state index < -0.39 is 0 Å². The Morgan fingerprint density at radius 2 is 1.93 bits per heavy atom. The number of rotatable bonds is 6. The molecule has 3 aromatic rings. The Hall–Kier alpha value is -3.00. The highest BCUT2D eigenvalue weighted by Gasteiger charge is 2.16. The van der Waals surface area contributed by atoms with E-state index in [1.165, 1.54) is 23.9 Å². The first-order valence-corrected chi connectivity index (χ1v) is 9.16. The average Bonchev–Trinajstić information content (AvgIpc) is 3.34. The number of hydrogen-bond acceptors (Lipinski definition) is 6. The molecule has 8 heteroatoms. The molecule has 0 atom stereocenters. The number of ether oxygens (including phenoxy) is 2. The highest BCUT2D eigenvalue weighted by molar-refractivity contribution is 8.00. The molecular weight excluding hydrogens is 371 g/mol. The van der Waals surface area contributed by atoms with E-state index in [4.69, 9.17) is 14.0 Å². The topological polar surface area (TPSA) is 73.6 Å². The van der Waals surface area contributed by atoms with Gasteiger partial charge in [0, 0.05) is 16.5 Å². The van der Waals surface area contributed by atoms with E-state index in [2.05, 4.69) is 10.5 Å². The summed E-state index contributed by atoms with van der Waals surface area (Å²) < 4.78 is 28.8. The van der Waals surface area contributed by atoms with Gasteiger partial charge in [0.25, 0.3) is 0 Å². The van der Waals surface area contributed by atoms with E-state index in [1.807, 2.05) is 18.2 Å². The Morgan fingerprint density at radius 1 is 1.11 bits per heavy atom. The number of carbonyl (C=O) groups is 1. The number of amides is 1. The van der Waals surface area contributed by atoms with Crippen molar-refractivity contribution in [2.45, 2.75) is 11.4 Å². The molecule has 2 aromatic carbocycles. The number of thioether (sulfide) groups is 1. The maximum atomic E-state index is 12.9. The van der Waals surface area contributed by atoms with Gasteiger partial charge in [-0.05, 0) is 42.5 Å². The predicted molar refractivity (Wildman–Crippen MR) is 97.0 cm³/mol. The molecule has 0 unspecified atom stereocenters. The van der Waals surface area contributed by atoms with Crippen LogP contribution in [0.5, 0.6) is 11.5 Å². The van der Waals surface area contributed by atoms with Crippen molar-refractivity contribution in [3.8, 4) is 22.8 Å². The fourth-order valence-corrected chi connectivity index (χ4v) is 3.23. The van der Waals surface area contributed by atoms with Crippen molar-refractivity contribution < 1.29 is 23.2 Å². The smallest absolute Gasteiger partial charge is 0.231 e. The van der Waals surface area contributed by atoms with Gasteiger partial charge in [0.1, 0.15) is 11.5 Å². The summed E-state index contributed by atoms with van der Waals surface area (Å²) in [6.45, 7) is 0.471. The van der Waals surface area contributed by atoms with Crippen molar-refractivity contribution in [2.75, 3.05) is 12.5 Å². The van der Waals surface area contributed by atoms with Gasteiger partial charge in [0.2, 0.25) is 12.7 Å². The van der Waals surface area contributed by atoms with Gasteiger partial charge in [-0.3, -0.25) is 4.79 Å². The number of halogens is 1. The minimum absolute atomic E-state index is 0.142. The zero-order chi connectivity index (χ0) is 18.6. The van der Waals surface area contributed by atoms with Crippen LogP contribution >= 0.6 is 11.8 Å². The highest BCUT2D eigenvalue weighted by Crippen LogP contribution is 2.36. The van der Waals surface area contributed by atoms with Gasteiger partial charge in [-0.1, -0.05) is 5.16 Å². The van der Waals surface area contributed by atoms with Crippen LogP contribution < -0.4 is 14.8 Å². The van der Waals surface area contributed by atoms with Crippen LogP contribution in [0.15, 0.2) is 57.9 Å². The molecule has 4 rings (SSSR count). The van der Waals surface area contributed by atoms with Gasteiger partial charge < -0.3 is 19.3 Å². The van der Waals surface area contributed by atoms with Crippen molar-refractivity contribution in [3.63, 3.8) is 0 Å². The summed E-state index contributed by atoms with van der Waals surface area (Å²) in [4.78, 5) is 12.8. The summed E-state index contributed by atoms with van der Waals surface area (Å²) in [5, 5.41) is 6.76. The van der Waals surface area contributed by atoms with E-state index >= 15 is 0 Å². The summed E-state index contributed by atoms with van der Waals surface area (Å²) >= 11 is 1.34. The maximum absolute atomic E-state index is 12.9. The molecule has 0 bridgehead atoms. The molecule has 1 aliphatic rings. The van der Waals surface area contributed by atoms with Crippen molar-refractivity contribution in [3.05, 3.63) is 60.0 Å². The number of nitrogens with zero attached hydrogens (tertiary/aromatic N) is 1. The van der Waals surface area contributed by atoms with Crippen molar-refractivity contribution >= 4 is 17.7 Å². The third kappa shape index (κ3) is 4.22. The third-order valence-electron chi connectivity index (χ3n) is 3.87. The fourth-order valence-electron chi connectivity index (χ4n) is 2.50. The lowest BCUT2D eigenvalue weighted by molar-refractivity contribution is -0.118. The van der Waals surface area contributed by atoms with Crippen LogP contribution in [0, 0.1) is 5.82 Å².